The van der Waals surface area contributed by atoms with Gasteiger partial charge in [-0.25, -0.2) is 5.01 Å². The highest BCUT2D eigenvalue weighted by molar-refractivity contribution is 7.99. The highest BCUT2D eigenvalue weighted by Crippen LogP contribution is 2.34. The van der Waals surface area contributed by atoms with E-state index in [0.717, 1.165) is 26.3 Å². The van der Waals surface area contributed by atoms with Crippen molar-refractivity contribution in [1.29, 1.82) is 0 Å². The SMILES string of the molecule is CC1(C)CCSCC1NN1CCOCC1. The van der Waals surface area contributed by atoms with Crippen LogP contribution < -0.4 is 5.43 Å². The van der Waals surface area contributed by atoms with Crippen molar-refractivity contribution in [3.8, 4) is 0 Å². The molecule has 0 bridgehead atoms. The summed E-state index contributed by atoms with van der Waals surface area (Å²) >= 11 is 2.07. The van der Waals surface area contributed by atoms with Crippen LogP contribution in [0, 0.1) is 5.41 Å². The Balaban J connectivity index is 1.85. The number of morpholine rings is 1. The van der Waals surface area contributed by atoms with E-state index in [9.17, 15) is 0 Å². The number of nitrogens with zero attached hydrogens (tertiary/aromatic N) is 1. The van der Waals surface area contributed by atoms with Crippen molar-refractivity contribution in [3.63, 3.8) is 0 Å². The Morgan fingerprint density at radius 1 is 1.33 bits per heavy atom. The number of hydrazine groups is 1. The van der Waals surface area contributed by atoms with Crippen LogP contribution in [0.15, 0.2) is 0 Å². The number of rotatable bonds is 2. The Bertz CT molecular complexity index is 205. The molecule has 0 aromatic heterocycles. The molecule has 2 fully saturated rings. The van der Waals surface area contributed by atoms with Crippen LogP contribution in [0.5, 0.6) is 0 Å². The minimum absolute atomic E-state index is 0.434. The summed E-state index contributed by atoms with van der Waals surface area (Å²) in [5.74, 6) is 2.55. The van der Waals surface area contributed by atoms with Crippen molar-refractivity contribution in [2.24, 2.45) is 5.41 Å². The van der Waals surface area contributed by atoms with Crippen LogP contribution in [0.4, 0.5) is 0 Å². The summed E-state index contributed by atoms with van der Waals surface area (Å²) in [6.07, 6.45) is 1.32. The van der Waals surface area contributed by atoms with Crippen molar-refractivity contribution in [1.82, 2.24) is 10.4 Å². The van der Waals surface area contributed by atoms with Gasteiger partial charge >= 0.3 is 0 Å². The third-order valence-corrected chi connectivity index (χ3v) is 4.53. The van der Waals surface area contributed by atoms with Crippen LogP contribution in [-0.2, 0) is 4.74 Å². The molecule has 1 unspecified atom stereocenters. The van der Waals surface area contributed by atoms with Gasteiger partial charge < -0.3 is 4.74 Å². The Morgan fingerprint density at radius 3 is 2.73 bits per heavy atom. The molecule has 2 rings (SSSR count). The van der Waals surface area contributed by atoms with E-state index in [-0.39, 0.29) is 0 Å². The molecule has 1 N–H and O–H groups in total. The second-order valence-corrected chi connectivity index (χ2v) is 6.24. The van der Waals surface area contributed by atoms with Crippen molar-refractivity contribution >= 4 is 11.8 Å². The fourth-order valence-electron chi connectivity index (χ4n) is 2.06. The van der Waals surface area contributed by atoms with Crippen molar-refractivity contribution < 1.29 is 4.74 Å². The first-order chi connectivity index (χ1) is 7.18. The monoisotopic (exact) mass is 230 g/mol. The average Bonchev–Trinajstić information content (AvgIpc) is 2.23. The zero-order valence-corrected chi connectivity index (χ0v) is 10.6. The van der Waals surface area contributed by atoms with Gasteiger partial charge in [0.05, 0.1) is 13.2 Å². The van der Waals surface area contributed by atoms with Gasteiger partial charge in [-0.2, -0.15) is 11.8 Å². The minimum atomic E-state index is 0.434. The first kappa shape index (κ1) is 11.7. The molecule has 0 aromatic rings. The molecule has 2 heterocycles. The highest BCUT2D eigenvalue weighted by Gasteiger charge is 2.33. The third kappa shape index (κ3) is 3.09. The van der Waals surface area contributed by atoms with Crippen molar-refractivity contribution in [2.45, 2.75) is 26.3 Å². The molecule has 2 saturated heterocycles. The predicted octanol–water partition coefficient (Wildman–Crippen LogP) is 1.35. The fraction of sp³-hybridized carbons (Fsp3) is 1.00. The van der Waals surface area contributed by atoms with Crippen molar-refractivity contribution in [2.75, 3.05) is 37.8 Å². The van der Waals surface area contributed by atoms with Gasteiger partial charge in [-0.1, -0.05) is 13.8 Å². The smallest absolute Gasteiger partial charge is 0.0608 e. The van der Waals surface area contributed by atoms with Crippen LogP contribution in [0.3, 0.4) is 0 Å². The predicted molar refractivity (Wildman–Crippen MR) is 65.0 cm³/mol. The number of hydrogen-bond donors (Lipinski definition) is 1. The first-order valence-electron chi connectivity index (χ1n) is 5.85. The van der Waals surface area contributed by atoms with E-state index in [2.05, 4.69) is 36.0 Å². The molecule has 0 radical (unpaired) electrons. The Kier molecular flexibility index (Phi) is 3.93. The van der Waals surface area contributed by atoms with Crippen LogP contribution >= 0.6 is 11.8 Å². The number of thioether (sulfide) groups is 1. The fourth-order valence-corrected chi connectivity index (χ4v) is 3.66. The molecule has 0 aliphatic carbocycles. The Labute approximate surface area is 96.9 Å². The van der Waals surface area contributed by atoms with E-state index < -0.39 is 0 Å². The second kappa shape index (κ2) is 5.04. The molecular formula is C11H22N2OS. The lowest BCUT2D eigenvalue weighted by atomic mass is 9.82. The lowest BCUT2D eigenvalue weighted by Crippen LogP contribution is -2.56. The molecule has 15 heavy (non-hydrogen) atoms. The van der Waals surface area contributed by atoms with E-state index in [4.69, 9.17) is 4.74 Å². The molecule has 1 atom stereocenters. The Hall–Kier alpha value is 0.230. The summed E-state index contributed by atoms with van der Waals surface area (Å²) in [5.41, 5.74) is 4.11. The molecule has 0 aromatic carbocycles. The minimum Gasteiger partial charge on any atom is -0.379 e. The summed E-state index contributed by atoms with van der Waals surface area (Å²) in [7, 11) is 0. The lowest BCUT2D eigenvalue weighted by Gasteiger charge is -2.42. The number of ether oxygens (including phenoxy) is 1. The molecule has 0 amide bonds. The maximum absolute atomic E-state index is 5.35. The maximum Gasteiger partial charge on any atom is 0.0608 e. The van der Waals surface area contributed by atoms with E-state index in [0.29, 0.717) is 11.5 Å². The zero-order chi connectivity index (χ0) is 10.7. The van der Waals surface area contributed by atoms with E-state index in [1.54, 1.807) is 0 Å². The largest absolute Gasteiger partial charge is 0.379 e. The summed E-state index contributed by atoms with van der Waals surface area (Å²) in [6.45, 7) is 8.55. The average molecular weight is 230 g/mol. The van der Waals surface area contributed by atoms with Crippen LogP contribution in [0.2, 0.25) is 0 Å². The van der Waals surface area contributed by atoms with Crippen LogP contribution in [0.1, 0.15) is 20.3 Å². The standard InChI is InChI=1S/C11H22N2OS/c1-11(2)3-8-15-9-10(11)12-13-4-6-14-7-5-13/h10,12H,3-9H2,1-2H3. The summed E-state index contributed by atoms with van der Waals surface area (Å²) in [4.78, 5) is 0. The third-order valence-electron chi connectivity index (χ3n) is 3.47. The van der Waals surface area contributed by atoms with Gasteiger partial charge in [-0.3, -0.25) is 5.43 Å². The van der Waals surface area contributed by atoms with Gasteiger partial charge in [0.2, 0.25) is 0 Å². The van der Waals surface area contributed by atoms with Gasteiger partial charge in [-0.15, -0.1) is 0 Å². The summed E-state index contributed by atoms with van der Waals surface area (Å²) < 4.78 is 5.35. The molecule has 4 heteroatoms. The lowest BCUT2D eigenvalue weighted by molar-refractivity contribution is -0.00706. The van der Waals surface area contributed by atoms with E-state index in [1.165, 1.54) is 17.9 Å². The summed E-state index contributed by atoms with van der Waals surface area (Å²) in [6, 6.07) is 0.620. The van der Waals surface area contributed by atoms with Gasteiger partial charge in [0.15, 0.2) is 0 Å². The summed E-state index contributed by atoms with van der Waals surface area (Å²) in [5, 5.41) is 2.34. The normalized spacial score (nSPS) is 32.8. The molecule has 0 saturated carbocycles. The molecule has 2 aliphatic rings. The number of hydrogen-bond acceptors (Lipinski definition) is 4. The van der Waals surface area contributed by atoms with Crippen LogP contribution in [0.25, 0.3) is 0 Å². The molecule has 3 nitrogen and oxygen atoms in total. The zero-order valence-electron chi connectivity index (χ0n) is 9.79. The van der Waals surface area contributed by atoms with Crippen LogP contribution in [-0.4, -0.2) is 48.9 Å². The van der Waals surface area contributed by atoms with Gasteiger partial charge in [0.25, 0.3) is 0 Å². The second-order valence-electron chi connectivity index (χ2n) is 5.09. The topological polar surface area (TPSA) is 24.5 Å². The molecule has 88 valence electrons. The Morgan fingerprint density at radius 2 is 2.07 bits per heavy atom. The van der Waals surface area contributed by atoms with E-state index in [1.807, 2.05) is 0 Å². The van der Waals surface area contributed by atoms with Gasteiger partial charge in [-0.05, 0) is 17.6 Å². The van der Waals surface area contributed by atoms with Crippen molar-refractivity contribution in [3.05, 3.63) is 0 Å². The van der Waals surface area contributed by atoms with Gasteiger partial charge in [0.1, 0.15) is 0 Å². The molecule has 2 aliphatic heterocycles. The number of nitrogens with one attached hydrogen (secondary N) is 1. The first-order valence-corrected chi connectivity index (χ1v) is 7.00. The quantitative estimate of drug-likeness (QED) is 0.774. The maximum atomic E-state index is 5.35. The van der Waals surface area contributed by atoms with Gasteiger partial charge in [0, 0.05) is 24.9 Å². The highest BCUT2D eigenvalue weighted by atomic mass is 32.2. The molecular weight excluding hydrogens is 208 g/mol. The molecule has 0 spiro atoms. The van der Waals surface area contributed by atoms with E-state index >= 15 is 0 Å².